The second-order valence-electron chi connectivity index (χ2n) is 2.44. The van der Waals surface area contributed by atoms with Gasteiger partial charge in [0.05, 0.1) is 0 Å². The average Bonchev–Trinajstić information content (AvgIpc) is 1.88. The molecule has 1 aliphatic rings. The number of halogens is 3. The van der Waals surface area contributed by atoms with Gasteiger partial charge in [-0.05, 0) is 6.42 Å². The molecule has 10 heavy (non-hydrogen) atoms. The normalized spacial score (nSPS) is 40.1. The van der Waals surface area contributed by atoms with Crippen molar-refractivity contribution < 1.29 is 8.78 Å². The molecule has 0 aliphatic heterocycles. The Morgan fingerprint density at radius 2 is 2.20 bits per heavy atom. The highest BCUT2D eigenvalue weighted by atomic mass is 79.9. The molecular formula is C7H9BrF2. The third-order valence-corrected chi connectivity index (χ3v) is 2.48. The van der Waals surface area contributed by atoms with E-state index in [4.69, 9.17) is 0 Å². The first-order valence-electron chi connectivity index (χ1n) is 3.26. The summed E-state index contributed by atoms with van der Waals surface area (Å²) in [4.78, 5) is 0. The van der Waals surface area contributed by atoms with Gasteiger partial charge in [0.1, 0.15) is 12.3 Å². The highest BCUT2D eigenvalue weighted by Crippen LogP contribution is 2.26. The van der Waals surface area contributed by atoms with Crippen molar-refractivity contribution in [1.29, 1.82) is 0 Å². The molecule has 3 atom stereocenters. The SMILES string of the molecule is FC1C=CCC(F)C1CBr. The molecule has 0 nitrogen and oxygen atoms in total. The van der Waals surface area contributed by atoms with E-state index in [0.717, 1.165) is 0 Å². The van der Waals surface area contributed by atoms with Crippen LogP contribution in [0.1, 0.15) is 6.42 Å². The molecule has 0 aromatic rings. The summed E-state index contributed by atoms with van der Waals surface area (Å²) in [6, 6.07) is 0. The van der Waals surface area contributed by atoms with Crippen LogP contribution in [0.15, 0.2) is 12.2 Å². The van der Waals surface area contributed by atoms with Gasteiger partial charge in [0.25, 0.3) is 0 Å². The molecule has 1 rings (SSSR count). The van der Waals surface area contributed by atoms with Crippen LogP contribution in [0.2, 0.25) is 0 Å². The van der Waals surface area contributed by atoms with Crippen molar-refractivity contribution in [2.45, 2.75) is 18.8 Å². The van der Waals surface area contributed by atoms with E-state index in [2.05, 4.69) is 15.9 Å². The molecule has 0 saturated carbocycles. The van der Waals surface area contributed by atoms with E-state index >= 15 is 0 Å². The standard InChI is InChI=1S/C7H9BrF2/c8-4-5-6(9)2-1-3-7(5)10/h1-2,5-7H,3-4H2. The van der Waals surface area contributed by atoms with Crippen LogP contribution in [0.25, 0.3) is 0 Å². The Labute approximate surface area is 67.4 Å². The van der Waals surface area contributed by atoms with Gasteiger partial charge in [-0.15, -0.1) is 0 Å². The zero-order valence-electron chi connectivity index (χ0n) is 5.43. The Balaban J connectivity index is 2.58. The van der Waals surface area contributed by atoms with E-state index < -0.39 is 18.3 Å². The van der Waals surface area contributed by atoms with Gasteiger partial charge < -0.3 is 0 Å². The monoisotopic (exact) mass is 210 g/mol. The zero-order chi connectivity index (χ0) is 7.56. The predicted octanol–water partition coefficient (Wildman–Crippen LogP) is 2.63. The van der Waals surface area contributed by atoms with Crippen LogP contribution in [0, 0.1) is 5.92 Å². The van der Waals surface area contributed by atoms with Crippen molar-refractivity contribution in [3.8, 4) is 0 Å². The molecule has 3 heteroatoms. The summed E-state index contributed by atoms with van der Waals surface area (Å²) in [5.74, 6) is -0.481. The number of alkyl halides is 3. The minimum atomic E-state index is -1.11. The number of hydrogen-bond donors (Lipinski definition) is 0. The fourth-order valence-corrected chi connectivity index (χ4v) is 1.80. The van der Waals surface area contributed by atoms with Crippen molar-refractivity contribution in [2.75, 3.05) is 5.33 Å². The van der Waals surface area contributed by atoms with E-state index in [1.165, 1.54) is 6.08 Å². The summed E-state index contributed by atoms with van der Waals surface area (Å²) in [5.41, 5.74) is 0. The number of allylic oxidation sites excluding steroid dienone is 2. The van der Waals surface area contributed by atoms with Gasteiger partial charge in [0, 0.05) is 11.2 Å². The van der Waals surface area contributed by atoms with Gasteiger partial charge in [-0.25, -0.2) is 8.78 Å². The fraction of sp³-hybridized carbons (Fsp3) is 0.714. The summed E-state index contributed by atoms with van der Waals surface area (Å²) < 4.78 is 25.5. The molecule has 58 valence electrons. The lowest BCUT2D eigenvalue weighted by Gasteiger charge is -2.23. The predicted molar refractivity (Wildman–Crippen MR) is 40.8 cm³/mol. The third-order valence-electron chi connectivity index (χ3n) is 1.73. The van der Waals surface area contributed by atoms with Crippen LogP contribution in [0.3, 0.4) is 0 Å². The minimum absolute atomic E-state index is 0.358. The maximum absolute atomic E-state index is 12.8. The number of hydrogen-bond acceptors (Lipinski definition) is 0. The molecular weight excluding hydrogens is 202 g/mol. The molecule has 3 unspecified atom stereocenters. The third kappa shape index (κ3) is 1.57. The van der Waals surface area contributed by atoms with Crippen LogP contribution in [-0.4, -0.2) is 17.7 Å². The highest BCUT2D eigenvalue weighted by Gasteiger charge is 2.29. The highest BCUT2D eigenvalue weighted by molar-refractivity contribution is 9.09. The summed E-state index contributed by atoms with van der Waals surface area (Å²) in [6.45, 7) is 0. The largest absolute Gasteiger partial charge is 0.247 e. The van der Waals surface area contributed by atoms with Crippen molar-refractivity contribution in [3.05, 3.63) is 12.2 Å². The lowest BCUT2D eigenvalue weighted by molar-refractivity contribution is 0.163. The summed E-state index contributed by atoms with van der Waals surface area (Å²) in [5, 5.41) is 0.402. The molecule has 1 aliphatic carbocycles. The van der Waals surface area contributed by atoms with E-state index in [-0.39, 0.29) is 0 Å². The maximum Gasteiger partial charge on any atom is 0.125 e. The average molecular weight is 211 g/mol. The second kappa shape index (κ2) is 3.46. The van der Waals surface area contributed by atoms with E-state index in [9.17, 15) is 8.78 Å². The summed E-state index contributed by atoms with van der Waals surface area (Å²) in [6.07, 6.45) is 1.23. The minimum Gasteiger partial charge on any atom is -0.247 e. The quantitative estimate of drug-likeness (QED) is 0.462. The molecule has 0 saturated heterocycles. The van der Waals surface area contributed by atoms with Gasteiger partial charge in [-0.1, -0.05) is 28.1 Å². The van der Waals surface area contributed by atoms with Crippen LogP contribution in [0.5, 0.6) is 0 Å². The maximum atomic E-state index is 12.8. The van der Waals surface area contributed by atoms with E-state index in [0.29, 0.717) is 11.8 Å². The lowest BCUT2D eigenvalue weighted by Crippen LogP contribution is -2.28. The van der Waals surface area contributed by atoms with Gasteiger partial charge >= 0.3 is 0 Å². The Kier molecular flexibility index (Phi) is 2.83. The van der Waals surface area contributed by atoms with Crippen LogP contribution < -0.4 is 0 Å². The molecule has 0 aromatic carbocycles. The topological polar surface area (TPSA) is 0 Å². The van der Waals surface area contributed by atoms with E-state index in [1.807, 2.05) is 0 Å². The zero-order valence-corrected chi connectivity index (χ0v) is 7.02. The Morgan fingerprint density at radius 1 is 1.50 bits per heavy atom. The van der Waals surface area contributed by atoms with Crippen molar-refractivity contribution >= 4 is 15.9 Å². The van der Waals surface area contributed by atoms with Crippen LogP contribution in [0.4, 0.5) is 8.78 Å². The number of rotatable bonds is 1. The van der Waals surface area contributed by atoms with Crippen LogP contribution in [-0.2, 0) is 0 Å². The van der Waals surface area contributed by atoms with Gasteiger partial charge in [-0.2, -0.15) is 0 Å². The molecule has 0 aromatic heterocycles. The first kappa shape index (κ1) is 8.18. The molecule has 0 heterocycles. The van der Waals surface area contributed by atoms with Gasteiger partial charge in [0.15, 0.2) is 0 Å². The van der Waals surface area contributed by atoms with Crippen molar-refractivity contribution in [2.24, 2.45) is 5.92 Å². The Bertz CT molecular complexity index is 136. The van der Waals surface area contributed by atoms with Crippen molar-refractivity contribution in [3.63, 3.8) is 0 Å². The summed E-state index contributed by atoms with van der Waals surface area (Å²) in [7, 11) is 0. The second-order valence-corrected chi connectivity index (χ2v) is 3.09. The molecule has 0 radical (unpaired) electrons. The Morgan fingerprint density at radius 3 is 2.60 bits per heavy atom. The molecule has 0 amide bonds. The molecule has 0 N–H and O–H groups in total. The lowest BCUT2D eigenvalue weighted by atomic mass is 9.93. The summed E-state index contributed by atoms with van der Waals surface area (Å²) >= 11 is 3.08. The molecule has 0 bridgehead atoms. The van der Waals surface area contributed by atoms with Gasteiger partial charge in [-0.3, -0.25) is 0 Å². The Hall–Kier alpha value is 0.0800. The fourth-order valence-electron chi connectivity index (χ4n) is 1.04. The first-order chi connectivity index (χ1) is 4.75. The first-order valence-corrected chi connectivity index (χ1v) is 4.38. The smallest absolute Gasteiger partial charge is 0.125 e. The van der Waals surface area contributed by atoms with Crippen molar-refractivity contribution in [1.82, 2.24) is 0 Å². The molecule has 0 fully saturated rings. The molecule has 0 spiro atoms. The van der Waals surface area contributed by atoms with Gasteiger partial charge in [0.2, 0.25) is 0 Å². The van der Waals surface area contributed by atoms with Crippen LogP contribution >= 0.6 is 15.9 Å². The van der Waals surface area contributed by atoms with E-state index in [1.54, 1.807) is 6.08 Å².